The van der Waals surface area contributed by atoms with Gasteiger partial charge in [0.25, 0.3) is 10.0 Å². The number of aromatic amines is 1. The largest absolute Gasteiger partial charge is 0.468 e. The summed E-state index contributed by atoms with van der Waals surface area (Å²) in [7, 11) is -3.46. The van der Waals surface area contributed by atoms with Gasteiger partial charge in [0, 0.05) is 26.2 Å². The lowest BCUT2D eigenvalue weighted by Crippen LogP contribution is -2.48. The van der Waals surface area contributed by atoms with Crippen LogP contribution in [0.25, 0.3) is 0 Å². The molecular formula is C13H18N4O3S. The number of aromatic nitrogens is 2. The first-order valence-electron chi connectivity index (χ1n) is 6.82. The van der Waals surface area contributed by atoms with Crippen LogP contribution in [0, 0.1) is 6.92 Å². The van der Waals surface area contributed by atoms with Gasteiger partial charge in [0.2, 0.25) is 0 Å². The summed E-state index contributed by atoms with van der Waals surface area (Å²) in [6.45, 7) is 4.77. The van der Waals surface area contributed by atoms with Crippen molar-refractivity contribution in [1.82, 2.24) is 19.2 Å². The van der Waals surface area contributed by atoms with Crippen LogP contribution in [-0.4, -0.2) is 53.8 Å². The molecule has 8 heteroatoms. The molecule has 114 valence electrons. The molecule has 3 heterocycles. The highest BCUT2D eigenvalue weighted by molar-refractivity contribution is 7.89. The van der Waals surface area contributed by atoms with E-state index in [1.807, 2.05) is 12.1 Å². The molecule has 3 rings (SSSR count). The minimum atomic E-state index is -3.46. The van der Waals surface area contributed by atoms with Crippen LogP contribution in [0.5, 0.6) is 0 Å². The van der Waals surface area contributed by atoms with Crippen LogP contribution < -0.4 is 0 Å². The minimum absolute atomic E-state index is 0.166. The van der Waals surface area contributed by atoms with Gasteiger partial charge in [0.1, 0.15) is 11.6 Å². The Hall–Kier alpha value is -1.64. The van der Waals surface area contributed by atoms with Crippen LogP contribution in [0.4, 0.5) is 0 Å². The van der Waals surface area contributed by atoms with Crippen molar-refractivity contribution < 1.29 is 12.8 Å². The molecule has 1 saturated heterocycles. The van der Waals surface area contributed by atoms with Crippen molar-refractivity contribution in [2.45, 2.75) is 18.5 Å². The van der Waals surface area contributed by atoms with E-state index < -0.39 is 10.0 Å². The maximum absolute atomic E-state index is 12.4. The van der Waals surface area contributed by atoms with Gasteiger partial charge in [-0.1, -0.05) is 0 Å². The first-order chi connectivity index (χ1) is 10.1. The number of furan rings is 1. The molecule has 0 unspecified atom stereocenters. The van der Waals surface area contributed by atoms with Crippen LogP contribution in [-0.2, 0) is 16.6 Å². The number of hydrogen-bond donors (Lipinski definition) is 1. The van der Waals surface area contributed by atoms with Gasteiger partial charge in [-0.25, -0.2) is 13.4 Å². The Morgan fingerprint density at radius 3 is 2.67 bits per heavy atom. The van der Waals surface area contributed by atoms with E-state index in [2.05, 4.69) is 14.9 Å². The average molecular weight is 310 g/mol. The van der Waals surface area contributed by atoms with Gasteiger partial charge in [0.05, 0.1) is 19.0 Å². The first-order valence-corrected chi connectivity index (χ1v) is 8.26. The van der Waals surface area contributed by atoms with Gasteiger partial charge in [-0.05, 0) is 19.1 Å². The van der Waals surface area contributed by atoms with Crippen LogP contribution in [0.1, 0.15) is 11.6 Å². The second-order valence-corrected chi connectivity index (χ2v) is 7.00. The molecule has 0 aromatic carbocycles. The monoisotopic (exact) mass is 310 g/mol. The van der Waals surface area contributed by atoms with Crippen molar-refractivity contribution in [1.29, 1.82) is 0 Å². The maximum Gasteiger partial charge on any atom is 0.260 e. The Labute approximate surface area is 123 Å². The molecule has 0 amide bonds. The number of nitrogens with one attached hydrogen (secondary N) is 1. The van der Waals surface area contributed by atoms with E-state index in [-0.39, 0.29) is 5.03 Å². The highest BCUT2D eigenvalue weighted by Crippen LogP contribution is 2.17. The number of rotatable bonds is 4. The molecule has 0 aliphatic carbocycles. The van der Waals surface area contributed by atoms with E-state index in [9.17, 15) is 8.42 Å². The Bertz CT molecular complexity index is 685. The average Bonchev–Trinajstić information content (AvgIpc) is 3.11. The zero-order valence-electron chi connectivity index (χ0n) is 11.8. The van der Waals surface area contributed by atoms with E-state index in [0.29, 0.717) is 38.5 Å². The molecule has 2 aromatic heterocycles. The molecule has 1 fully saturated rings. The molecule has 0 saturated carbocycles. The Balaban J connectivity index is 1.63. The summed E-state index contributed by atoms with van der Waals surface area (Å²) in [5, 5.41) is 0.166. The Morgan fingerprint density at radius 2 is 2.10 bits per heavy atom. The molecule has 0 bridgehead atoms. The molecule has 21 heavy (non-hydrogen) atoms. The fourth-order valence-electron chi connectivity index (χ4n) is 2.42. The van der Waals surface area contributed by atoms with E-state index >= 15 is 0 Å². The number of imidazole rings is 1. The van der Waals surface area contributed by atoms with Crippen molar-refractivity contribution in [2.75, 3.05) is 26.2 Å². The van der Waals surface area contributed by atoms with E-state index in [4.69, 9.17) is 4.42 Å². The summed E-state index contributed by atoms with van der Waals surface area (Å²) >= 11 is 0. The second kappa shape index (κ2) is 5.63. The third-order valence-corrected chi connectivity index (χ3v) is 5.40. The highest BCUT2D eigenvalue weighted by atomic mass is 32.2. The van der Waals surface area contributed by atoms with Crippen LogP contribution in [0.3, 0.4) is 0 Å². The Morgan fingerprint density at radius 1 is 1.33 bits per heavy atom. The number of nitrogens with zero attached hydrogens (tertiary/aromatic N) is 3. The lowest BCUT2D eigenvalue weighted by molar-refractivity contribution is 0.171. The summed E-state index contributed by atoms with van der Waals surface area (Å²) < 4.78 is 31.7. The lowest BCUT2D eigenvalue weighted by atomic mass is 10.3. The molecule has 7 nitrogen and oxygen atoms in total. The van der Waals surface area contributed by atoms with Crippen molar-refractivity contribution >= 4 is 10.0 Å². The molecule has 1 aliphatic heterocycles. The number of hydrogen-bond acceptors (Lipinski definition) is 5. The molecule has 1 N–H and O–H groups in total. The van der Waals surface area contributed by atoms with Crippen LogP contribution >= 0.6 is 0 Å². The quantitative estimate of drug-likeness (QED) is 0.904. The van der Waals surface area contributed by atoms with Crippen LogP contribution in [0.15, 0.2) is 34.0 Å². The molecule has 1 aliphatic rings. The van der Waals surface area contributed by atoms with E-state index in [1.165, 1.54) is 10.5 Å². The van der Waals surface area contributed by atoms with Crippen LogP contribution in [0.2, 0.25) is 0 Å². The molecule has 0 spiro atoms. The second-order valence-electron chi connectivity index (χ2n) is 5.09. The standard InChI is InChI=1S/C13H18N4O3S/c1-11-14-9-13(15-11)21(18,19)17-6-4-16(5-7-17)10-12-3-2-8-20-12/h2-3,8-9H,4-7,10H2,1H3,(H,14,15). The van der Waals surface area contributed by atoms with Gasteiger partial charge < -0.3 is 9.40 Å². The number of aryl methyl sites for hydroxylation is 1. The van der Waals surface area contributed by atoms with Gasteiger partial charge in [-0.2, -0.15) is 4.31 Å². The first kappa shape index (κ1) is 14.3. The fraction of sp³-hybridized carbons (Fsp3) is 0.462. The molecule has 0 atom stereocenters. The molecule has 0 radical (unpaired) electrons. The topological polar surface area (TPSA) is 82.4 Å². The normalized spacial score (nSPS) is 18.1. The smallest absolute Gasteiger partial charge is 0.260 e. The van der Waals surface area contributed by atoms with Crippen molar-refractivity contribution in [3.05, 3.63) is 36.2 Å². The number of H-pyrrole nitrogens is 1. The number of sulfonamides is 1. The molecular weight excluding hydrogens is 292 g/mol. The predicted molar refractivity (Wildman–Crippen MR) is 76.1 cm³/mol. The van der Waals surface area contributed by atoms with E-state index in [1.54, 1.807) is 13.2 Å². The summed E-state index contributed by atoms with van der Waals surface area (Å²) in [6, 6.07) is 3.78. The maximum atomic E-state index is 12.4. The zero-order valence-corrected chi connectivity index (χ0v) is 12.6. The van der Waals surface area contributed by atoms with Crippen molar-refractivity contribution in [3.63, 3.8) is 0 Å². The third-order valence-electron chi connectivity index (χ3n) is 3.59. The predicted octanol–water partition coefficient (Wildman–Crippen LogP) is 0.818. The van der Waals surface area contributed by atoms with Crippen molar-refractivity contribution in [3.8, 4) is 0 Å². The summed E-state index contributed by atoms with van der Waals surface area (Å²) in [5.41, 5.74) is 0. The minimum Gasteiger partial charge on any atom is -0.468 e. The van der Waals surface area contributed by atoms with Gasteiger partial charge in [0.15, 0.2) is 5.03 Å². The zero-order chi connectivity index (χ0) is 14.9. The van der Waals surface area contributed by atoms with Gasteiger partial charge in [-0.15, -0.1) is 0 Å². The van der Waals surface area contributed by atoms with Gasteiger partial charge in [-0.3, -0.25) is 4.90 Å². The number of piperazine rings is 1. The fourth-order valence-corrected chi connectivity index (χ4v) is 3.80. The Kier molecular flexibility index (Phi) is 3.83. The van der Waals surface area contributed by atoms with E-state index in [0.717, 1.165) is 5.76 Å². The SMILES string of the molecule is Cc1ncc(S(=O)(=O)N2CCN(Cc3ccco3)CC2)[nH]1. The summed E-state index contributed by atoms with van der Waals surface area (Å²) in [5.74, 6) is 1.50. The van der Waals surface area contributed by atoms with Gasteiger partial charge >= 0.3 is 0 Å². The highest BCUT2D eigenvalue weighted by Gasteiger charge is 2.29. The van der Waals surface area contributed by atoms with Crippen molar-refractivity contribution in [2.24, 2.45) is 0 Å². The molecule has 2 aromatic rings. The third kappa shape index (κ3) is 3.02. The lowest BCUT2D eigenvalue weighted by Gasteiger charge is -2.33. The summed E-state index contributed by atoms with van der Waals surface area (Å²) in [4.78, 5) is 8.93. The summed E-state index contributed by atoms with van der Waals surface area (Å²) in [6.07, 6.45) is 3.02.